The van der Waals surface area contributed by atoms with E-state index in [4.69, 9.17) is 9.16 Å². The molecule has 222 valence electrons. The van der Waals surface area contributed by atoms with Gasteiger partial charge in [-0.2, -0.15) is 0 Å². The molecule has 0 unspecified atom stereocenters. The molecule has 0 bridgehead atoms. The lowest BCUT2D eigenvalue weighted by molar-refractivity contribution is -0.0183. The molecule has 0 radical (unpaired) electrons. The molecule has 9 nitrogen and oxygen atoms in total. The number of nitrogens with one attached hydrogen (secondary N) is 1. The topological polar surface area (TPSA) is 111 Å². The summed E-state index contributed by atoms with van der Waals surface area (Å²) in [6.45, 7) is 7.46. The number of imidazole rings is 1. The number of ether oxygens (including phenoxy) is 1. The van der Waals surface area contributed by atoms with Gasteiger partial charge in [-0.05, 0) is 27.5 Å². The van der Waals surface area contributed by atoms with Crippen molar-refractivity contribution in [2.45, 2.75) is 38.5 Å². The maximum atomic E-state index is 12.7. The molecule has 0 saturated carbocycles. The molecular weight excluding hydrogens is 558 g/mol. The third-order valence-electron chi connectivity index (χ3n) is 7.46. The predicted molar refractivity (Wildman–Crippen MR) is 170 cm³/mol. The zero-order valence-electron chi connectivity index (χ0n) is 24.7. The quantitative estimate of drug-likeness (QED) is 0.210. The van der Waals surface area contributed by atoms with E-state index >= 15 is 0 Å². The molecule has 3 aromatic carbocycles. The number of hydrogen-bond acceptors (Lipinski definition) is 7. The molecule has 0 aliphatic heterocycles. The molecule has 1 amide bonds. The highest BCUT2D eigenvalue weighted by Crippen LogP contribution is 2.36. The summed E-state index contributed by atoms with van der Waals surface area (Å²) >= 11 is 0. The van der Waals surface area contributed by atoms with Gasteiger partial charge in [0.05, 0.1) is 26.1 Å². The Hall–Kier alpha value is -4.22. The van der Waals surface area contributed by atoms with Gasteiger partial charge in [0.15, 0.2) is 17.0 Å². The highest BCUT2D eigenvalue weighted by atomic mass is 28.4. The van der Waals surface area contributed by atoms with Crippen LogP contribution in [-0.2, 0) is 15.7 Å². The number of aliphatic hydroxyl groups excluding tert-OH is 1. The second-order valence-electron chi connectivity index (χ2n) is 11.3. The third-order valence-corrected chi connectivity index (χ3v) is 12.5. The van der Waals surface area contributed by atoms with E-state index in [0.29, 0.717) is 35.7 Å². The molecule has 5 aromatic rings. The number of fused-ring (bicyclic) bond motifs is 1. The van der Waals surface area contributed by atoms with Crippen LogP contribution < -0.4 is 15.7 Å². The SMILES string of the molecule is CC(C)(C)[Si](OC[C@@H](CO)OCCn1cnc2c(NC(=O)c3ccccc3)ncnc21)(c1ccccc1)c1ccccc1. The van der Waals surface area contributed by atoms with Gasteiger partial charge in [-0.1, -0.05) is 99.6 Å². The smallest absolute Gasteiger partial charge is 0.261 e. The summed E-state index contributed by atoms with van der Waals surface area (Å²) in [6.07, 6.45) is 2.52. The van der Waals surface area contributed by atoms with E-state index in [9.17, 15) is 9.90 Å². The number of nitrogens with zero attached hydrogens (tertiary/aromatic N) is 4. The number of aliphatic hydroxyl groups is 1. The summed E-state index contributed by atoms with van der Waals surface area (Å²) in [5, 5.41) is 15.2. The maximum Gasteiger partial charge on any atom is 0.261 e. The molecule has 2 aromatic heterocycles. The zero-order chi connectivity index (χ0) is 30.3. The van der Waals surface area contributed by atoms with E-state index in [1.165, 1.54) is 16.7 Å². The third kappa shape index (κ3) is 6.57. The fourth-order valence-corrected chi connectivity index (χ4v) is 9.95. The minimum atomic E-state index is -2.76. The van der Waals surface area contributed by atoms with Crippen LogP contribution in [0.15, 0.2) is 104 Å². The van der Waals surface area contributed by atoms with E-state index in [-0.39, 0.29) is 24.2 Å². The van der Waals surface area contributed by atoms with E-state index < -0.39 is 14.4 Å². The summed E-state index contributed by atoms with van der Waals surface area (Å²) in [5.74, 6) is 0.0654. The summed E-state index contributed by atoms with van der Waals surface area (Å²) in [7, 11) is -2.76. The van der Waals surface area contributed by atoms with E-state index in [2.05, 4.69) is 65.3 Å². The molecule has 2 N–H and O–H groups in total. The molecule has 2 heterocycles. The van der Waals surface area contributed by atoms with Gasteiger partial charge >= 0.3 is 0 Å². The second-order valence-corrected chi connectivity index (χ2v) is 15.6. The Morgan fingerprint density at radius 1 is 0.907 bits per heavy atom. The van der Waals surface area contributed by atoms with Crippen LogP contribution in [0.1, 0.15) is 31.1 Å². The van der Waals surface area contributed by atoms with Gasteiger partial charge in [0.1, 0.15) is 12.4 Å². The monoisotopic (exact) mass is 595 g/mol. The zero-order valence-corrected chi connectivity index (χ0v) is 25.7. The van der Waals surface area contributed by atoms with Crippen molar-refractivity contribution in [3.05, 3.63) is 109 Å². The summed E-state index contributed by atoms with van der Waals surface area (Å²) < 4.78 is 14.9. The Morgan fingerprint density at radius 3 is 2.09 bits per heavy atom. The van der Waals surface area contributed by atoms with Crippen molar-refractivity contribution < 1.29 is 19.1 Å². The van der Waals surface area contributed by atoms with Crippen molar-refractivity contribution in [1.29, 1.82) is 0 Å². The van der Waals surface area contributed by atoms with Crippen LogP contribution in [0.2, 0.25) is 5.04 Å². The first-order valence-corrected chi connectivity index (χ1v) is 16.2. The molecule has 1 atom stereocenters. The highest BCUT2D eigenvalue weighted by Gasteiger charge is 2.50. The van der Waals surface area contributed by atoms with Crippen LogP contribution in [-0.4, -0.2) is 64.8 Å². The van der Waals surface area contributed by atoms with Crippen LogP contribution in [0, 0.1) is 0 Å². The fourth-order valence-electron chi connectivity index (χ4n) is 5.36. The van der Waals surface area contributed by atoms with E-state index in [0.717, 1.165) is 0 Å². The van der Waals surface area contributed by atoms with Crippen LogP contribution in [0.4, 0.5) is 5.82 Å². The number of carbonyl (C=O) groups excluding carboxylic acids is 1. The molecule has 0 saturated heterocycles. The van der Waals surface area contributed by atoms with Crippen LogP contribution >= 0.6 is 0 Å². The van der Waals surface area contributed by atoms with Crippen molar-refractivity contribution in [3.8, 4) is 0 Å². The molecule has 5 rings (SSSR count). The number of carbonyl (C=O) groups is 1. The molecule has 43 heavy (non-hydrogen) atoms. The lowest BCUT2D eigenvalue weighted by atomic mass is 10.2. The molecule has 0 fully saturated rings. The summed E-state index contributed by atoms with van der Waals surface area (Å²) in [4.78, 5) is 25.7. The summed E-state index contributed by atoms with van der Waals surface area (Å²) in [6, 6.07) is 29.7. The Bertz CT molecular complexity index is 1590. The number of benzene rings is 3. The number of hydrogen-bond donors (Lipinski definition) is 2. The number of amides is 1. The van der Waals surface area contributed by atoms with Crippen molar-refractivity contribution >= 4 is 41.6 Å². The minimum Gasteiger partial charge on any atom is -0.405 e. The first-order valence-electron chi connectivity index (χ1n) is 14.3. The minimum absolute atomic E-state index is 0.180. The average Bonchev–Trinajstić information content (AvgIpc) is 3.45. The van der Waals surface area contributed by atoms with Gasteiger partial charge in [-0.15, -0.1) is 0 Å². The van der Waals surface area contributed by atoms with E-state index in [1.54, 1.807) is 30.6 Å². The lowest BCUT2D eigenvalue weighted by Crippen LogP contribution is -2.67. The van der Waals surface area contributed by atoms with Gasteiger partial charge in [0.2, 0.25) is 0 Å². The van der Waals surface area contributed by atoms with Gasteiger partial charge in [-0.3, -0.25) is 4.79 Å². The molecule has 10 heteroatoms. The van der Waals surface area contributed by atoms with Crippen molar-refractivity contribution in [1.82, 2.24) is 19.5 Å². The standard InChI is InChI=1S/C33H37N5O4Si/c1-33(2,3)43(27-15-9-5-10-16-27,28-17-11-6-12-18-28)42-22-26(21-39)41-20-19-38-24-36-29-30(34-23-35-31(29)38)37-32(40)25-13-7-4-8-14-25/h4-18,23-24,26,39H,19-22H2,1-3H3,(H,34,35,37,40)/t26-/m1/s1. The van der Waals surface area contributed by atoms with Gasteiger partial charge in [0, 0.05) is 12.1 Å². The first kappa shape index (κ1) is 30.2. The predicted octanol–water partition coefficient (Wildman–Crippen LogP) is 4.03. The average molecular weight is 596 g/mol. The molecular formula is C33H37N5O4Si. The van der Waals surface area contributed by atoms with Crippen LogP contribution in [0.3, 0.4) is 0 Å². The molecule has 0 spiro atoms. The van der Waals surface area contributed by atoms with Crippen LogP contribution in [0.25, 0.3) is 11.2 Å². The lowest BCUT2D eigenvalue weighted by Gasteiger charge is -2.43. The highest BCUT2D eigenvalue weighted by molar-refractivity contribution is 6.99. The second kappa shape index (κ2) is 13.4. The number of rotatable bonds is 12. The number of anilines is 1. The Balaban J connectivity index is 1.28. The van der Waals surface area contributed by atoms with Gasteiger partial charge in [-0.25, -0.2) is 15.0 Å². The Kier molecular flexibility index (Phi) is 9.42. The van der Waals surface area contributed by atoms with Gasteiger partial charge < -0.3 is 24.2 Å². The van der Waals surface area contributed by atoms with E-state index in [1.807, 2.05) is 47.0 Å². The molecule has 0 aliphatic carbocycles. The molecule has 0 aliphatic rings. The number of aromatic nitrogens is 4. The normalized spacial score (nSPS) is 12.7. The maximum absolute atomic E-state index is 12.7. The van der Waals surface area contributed by atoms with Gasteiger partial charge in [0.25, 0.3) is 14.2 Å². The van der Waals surface area contributed by atoms with Crippen molar-refractivity contribution in [2.75, 3.05) is 25.1 Å². The Morgan fingerprint density at radius 2 is 1.51 bits per heavy atom. The Labute approximate surface area is 252 Å². The first-order chi connectivity index (χ1) is 20.8. The van der Waals surface area contributed by atoms with Crippen molar-refractivity contribution in [2.24, 2.45) is 0 Å². The largest absolute Gasteiger partial charge is 0.405 e. The van der Waals surface area contributed by atoms with Crippen molar-refractivity contribution in [3.63, 3.8) is 0 Å². The fraction of sp³-hybridized carbons (Fsp3) is 0.273. The summed E-state index contributed by atoms with van der Waals surface area (Å²) in [5.41, 5.74) is 1.59. The van der Waals surface area contributed by atoms with Crippen LogP contribution in [0.5, 0.6) is 0 Å².